The van der Waals surface area contributed by atoms with Crippen molar-refractivity contribution in [2.45, 2.75) is 32.7 Å². The van der Waals surface area contributed by atoms with Gasteiger partial charge in [-0.1, -0.05) is 13.3 Å². The van der Waals surface area contributed by atoms with Crippen LogP contribution in [0, 0.1) is 5.92 Å². The number of methoxy groups -OCH3 is 2. The molecule has 0 aliphatic carbocycles. The summed E-state index contributed by atoms with van der Waals surface area (Å²) in [5.74, 6) is 1.53. The molecule has 114 valence electrons. The minimum absolute atomic E-state index is 0.230. The maximum absolute atomic E-state index is 9.06. The molecule has 1 unspecified atom stereocenters. The second-order valence-corrected chi connectivity index (χ2v) is 4.67. The van der Waals surface area contributed by atoms with E-state index in [1.54, 1.807) is 14.2 Å². The van der Waals surface area contributed by atoms with Gasteiger partial charge in [0.2, 0.25) is 11.8 Å². The summed E-state index contributed by atoms with van der Waals surface area (Å²) in [7, 11) is 3.16. The smallest absolute Gasteiger partial charge is 0.224 e. The fourth-order valence-electron chi connectivity index (χ4n) is 2.22. The molecule has 0 radical (unpaired) electrons. The SMILES string of the molecule is CCCC(CCO)CNCc1c(OC)ncnc1OC. The van der Waals surface area contributed by atoms with E-state index in [1.807, 2.05) is 0 Å². The van der Waals surface area contributed by atoms with Gasteiger partial charge in [-0.2, -0.15) is 0 Å². The van der Waals surface area contributed by atoms with Gasteiger partial charge in [0.25, 0.3) is 0 Å². The van der Waals surface area contributed by atoms with Crippen molar-refractivity contribution >= 4 is 0 Å². The molecule has 1 atom stereocenters. The topological polar surface area (TPSA) is 76.5 Å². The van der Waals surface area contributed by atoms with E-state index in [0.29, 0.717) is 24.2 Å². The van der Waals surface area contributed by atoms with Crippen LogP contribution in [-0.2, 0) is 6.54 Å². The van der Waals surface area contributed by atoms with Crippen molar-refractivity contribution in [1.29, 1.82) is 0 Å². The van der Waals surface area contributed by atoms with Crippen LogP contribution in [0.2, 0.25) is 0 Å². The molecule has 0 fully saturated rings. The Labute approximate surface area is 120 Å². The lowest BCUT2D eigenvalue weighted by molar-refractivity contribution is 0.247. The van der Waals surface area contributed by atoms with Crippen molar-refractivity contribution in [2.24, 2.45) is 5.92 Å². The summed E-state index contributed by atoms with van der Waals surface area (Å²) in [4.78, 5) is 8.17. The van der Waals surface area contributed by atoms with E-state index < -0.39 is 0 Å². The first-order chi connectivity index (χ1) is 9.76. The number of aliphatic hydroxyl groups excluding tert-OH is 1. The van der Waals surface area contributed by atoms with Crippen LogP contribution in [0.1, 0.15) is 31.7 Å². The Hall–Kier alpha value is -1.40. The summed E-state index contributed by atoms with van der Waals surface area (Å²) >= 11 is 0. The van der Waals surface area contributed by atoms with Gasteiger partial charge in [-0.15, -0.1) is 0 Å². The first-order valence-corrected chi connectivity index (χ1v) is 7.00. The first-order valence-electron chi connectivity index (χ1n) is 7.00. The zero-order chi connectivity index (χ0) is 14.8. The Morgan fingerprint density at radius 3 is 2.35 bits per heavy atom. The lowest BCUT2D eigenvalue weighted by Gasteiger charge is -2.17. The average Bonchev–Trinajstić information content (AvgIpc) is 2.47. The van der Waals surface area contributed by atoms with Crippen LogP contribution in [-0.4, -0.2) is 42.4 Å². The van der Waals surface area contributed by atoms with Crippen LogP contribution >= 0.6 is 0 Å². The Bertz CT molecular complexity index is 360. The zero-order valence-corrected chi connectivity index (χ0v) is 12.6. The van der Waals surface area contributed by atoms with Gasteiger partial charge in [0.05, 0.1) is 19.8 Å². The monoisotopic (exact) mass is 283 g/mol. The lowest BCUT2D eigenvalue weighted by atomic mass is 10.0. The molecule has 1 heterocycles. The fourth-order valence-corrected chi connectivity index (χ4v) is 2.22. The number of aliphatic hydroxyl groups is 1. The van der Waals surface area contributed by atoms with Gasteiger partial charge in [-0.05, 0) is 25.3 Å². The molecule has 0 aliphatic heterocycles. The maximum Gasteiger partial charge on any atom is 0.224 e. The van der Waals surface area contributed by atoms with E-state index in [-0.39, 0.29) is 6.61 Å². The summed E-state index contributed by atoms with van der Waals surface area (Å²) in [5.41, 5.74) is 0.816. The standard InChI is InChI=1S/C14H25N3O3/c1-4-5-11(6-7-18)8-15-9-12-13(19-2)16-10-17-14(12)20-3/h10-11,15,18H,4-9H2,1-3H3. The molecule has 1 aromatic rings. The van der Waals surface area contributed by atoms with Crippen LogP contribution in [0.15, 0.2) is 6.33 Å². The summed E-state index contributed by atoms with van der Waals surface area (Å²) in [6.07, 6.45) is 4.47. The van der Waals surface area contributed by atoms with Crippen molar-refractivity contribution in [3.05, 3.63) is 11.9 Å². The van der Waals surface area contributed by atoms with Crippen molar-refractivity contribution in [3.8, 4) is 11.8 Å². The summed E-state index contributed by atoms with van der Waals surface area (Å²) < 4.78 is 10.5. The molecular weight excluding hydrogens is 258 g/mol. The third-order valence-electron chi connectivity index (χ3n) is 3.22. The lowest BCUT2D eigenvalue weighted by Crippen LogP contribution is -2.24. The number of hydrogen-bond acceptors (Lipinski definition) is 6. The highest BCUT2D eigenvalue weighted by Gasteiger charge is 2.13. The highest BCUT2D eigenvalue weighted by molar-refractivity contribution is 5.34. The Kier molecular flexibility index (Phi) is 7.91. The van der Waals surface area contributed by atoms with Crippen LogP contribution < -0.4 is 14.8 Å². The van der Waals surface area contributed by atoms with Gasteiger partial charge in [0, 0.05) is 13.2 Å². The number of aromatic nitrogens is 2. The van der Waals surface area contributed by atoms with Gasteiger partial charge < -0.3 is 19.9 Å². The number of rotatable bonds is 10. The molecule has 6 heteroatoms. The molecule has 20 heavy (non-hydrogen) atoms. The van der Waals surface area contributed by atoms with E-state index in [9.17, 15) is 0 Å². The van der Waals surface area contributed by atoms with E-state index in [2.05, 4.69) is 22.2 Å². The molecule has 0 amide bonds. The van der Waals surface area contributed by atoms with Gasteiger partial charge in [-0.3, -0.25) is 0 Å². The molecule has 0 bridgehead atoms. The normalized spacial score (nSPS) is 12.2. The molecule has 2 N–H and O–H groups in total. The van der Waals surface area contributed by atoms with Gasteiger partial charge in [-0.25, -0.2) is 9.97 Å². The van der Waals surface area contributed by atoms with E-state index in [4.69, 9.17) is 14.6 Å². The van der Waals surface area contributed by atoms with Crippen molar-refractivity contribution < 1.29 is 14.6 Å². The van der Waals surface area contributed by atoms with Crippen molar-refractivity contribution in [2.75, 3.05) is 27.4 Å². The molecule has 6 nitrogen and oxygen atoms in total. The fraction of sp³-hybridized carbons (Fsp3) is 0.714. The third kappa shape index (κ3) is 4.94. The third-order valence-corrected chi connectivity index (χ3v) is 3.22. The largest absolute Gasteiger partial charge is 0.481 e. The second kappa shape index (κ2) is 9.50. The predicted molar refractivity (Wildman–Crippen MR) is 76.9 cm³/mol. The van der Waals surface area contributed by atoms with Gasteiger partial charge in [0.1, 0.15) is 6.33 Å². The van der Waals surface area contributed by atoms with Crippen LogP contribution in [0.4, 0.5) is 0 Å². The highest BCUT2D eigenvalue weighted by Crippen LogP contribution is 2.23. The molecule has 0 aliphatic rings. The minimum atomic E-state index is 0.230. The molecule has 1 rings (SSSR count). The Morgan fingerprint density at radius 2 is 1.85 bits per heavy atom. The molecule has 0 saturated carbocycles. The highest BCUT2D eigenvalue weighted by atomic mass is 16.5. The van der Waals surface area contributed by atoms with E-state index in [0.717, 1.165) is 31.4 Å². The Morgan fingerprint density at radius 1 is 1.20 bits per heavy atom. The molecular formula is C14H25N3O3. The first kappa shape index (κ1) is 16.7. The second-order valence-electron chi connectivity index (χ2n) is 4.67. The number of hydrogen-bond donors (Lipinski definition) is 2. The molecule has 0 aromatic carbocycles. The number of nitrogens with zero attached hydrogens (tertiary/aromatic N) is 2. The van der Waals surface area contributed by atoms with Crippen molar-refractivity contribution in [1.82, 2.24) is 15.3 Å². The van der Waals surface area contributed by atoms with Crippen LogP contribution in [0.25, 0.3) is 0 Å². The zero-order valence-electron chi connectivity index (χ0n) is 12.6. The van der Waals surface area contributed by atoms with E-state index in [1.165, 1.54) is 6.33 Å². The quantitative estimate of drug-likeness (QED) is 0.675. The molecule has 0 saturated heterocycles. The van der Waals surface area contributed by atoms with Crippen LogP contribution in [0.5, 0.6) is 11.8 Å². The minimum Gasteiger partial charge on any atom is -0.481 e. The molecule has 1 aromatic heterocycles. The average molecular weight is 283 g/mol. The summed E-state index contributed by atoms with van der Waals surface area (Å²) in [6, 6.07) is 0. The van der Waals surface area contributed by atoms with Crippen molar-refractivity contribution in [3.63, 3.8) is 0 Å². The Balaban J connectivity index is 2.60. The van der Waals surface area contributed by atoms with Gasteiger partial charge >= 0.3 is 0 Å². The number of ether oxygens (including phenoxy) is 2. The number of nitrogens with one attached hydrogen (secondary N) is 1. The maximum atomic E-state index is 9.06. The van der Waals surface area contributed by atoms with Crippen LogP contribution in [0.3, 0.4) is 0 Å². The molecule has 0 spiro atoms. The summed E-state index contributed by atoms with van der Waals surface area (Å²) in [6.45, 7) is 3.81. The van der Waals surface area contributed by atoms with E-state index >= 15 is 0 Å². The predicted octanol–water partition coefficient (Wildman–Crippen LogP) is 1.38. The van der Waals surface area contributed by atoms with Gasteiger partial charge in [0.15, 0.2) is 0 Å². The summed E-state index contributed by atoms with van der Waals surface area (Å²) in [5, 5.41) is 12.4.